The largest absolute Gasteiger partial charge is 0.493 e. The van der Waals surface area contributed by atoms with Gasteiger partial charge in [0.2, 0.25) is 5.91 Å². The van der Waals surface area contributed by atoms with Crippen LogP contribution in [0.3, 0.4) is 0 Å². The Kier molecular flexibility index (Phi) is 5.72. The molecule has 0 radical (unpaired) electrons. The van der Waals surface area contributed by atoms with Gasteiger partial charge in [-0.1, -0.05) is 30.3 Å². The molecule has 1 aliphatic rings. The fourth-order valence-electron chi connectivity index (χ4n) is 3.79. The number of hydrogen-bond acceptors (Lipinski definition) is 6. The monoisotopic (exact) mass is 449 g/mol. The Hall–Kier alpha value is -2.74. The molecule has 2 aromatic carbocycles. The molecule has 0 fully saturated rings. The standard InChI is InChI=1S/C24H23N3O2S2/c1-27-13-11-17-20(15-27)31-24(22(17)23-25-18-9-5-6-10-19(18)30-23)26-21(28)12-14-29-16-7-3-2-4-8-16/h2-10H,11-15H2,1H3,(H,26,28). The highest BCUT2D eigenvalue weighted by Gasteiger charge is 2.26. The predicted molar refractivity (Wildman–Crippen MR) is 128 cm³/mol. The van der Waals surface area contributed by atoms with E-state index in [0.29, 0.717) is 13.0 Å². The number of carbonyl (C=O) groups excluding carboxylic acids is 1. The molecule has 31 heavy (non-hydrogen) atoms. The van der Waals surface area contributed by atoms with Crippen LogP contribution < -0.4 is 10.1 Å². The van der Waals surface area contributed by atoms with Crippen molar-refractivity contribution in [3.05, 3.63) is 65.0 Å². The highest BCUT2D eigenvalue weighted by Crippen LogP contribution is 2.45. The van der Waals surface area contributed by atoms with Gasteiger partial charge in [-0.2, -0.15) is 0 Å². The average Bonchev–Trinajstić information content (AvgIpc) is 3.34. The Morgan fingerprint density at radius 1 is 1.13 bits per heavy atom. The molecule has 0 bridgehead atoms. The van der Waals surface area contributed by atoms with Crippen LogP contribution in [-0.4, -0.2) is 36.0 Å². The van der Waals surface area contributed by atoms with Crippen molar-refractivity contribution in [3.8, 4) is 16.3 Å². The summed E-state index contributed by atoms with van der Waals surface area (Å²) in [6, 6.07) is 17.8. The summed E-state index contributed by atoms with van der Waals surface area (Å²) in [7, 11) is 2.14. The molecule has 0 saturated heterocycles. The number of ether oxygens (including phenoxy) is 1. The molecule has 3 heterocycles. The Morgan fingerprint density at radius 3 is 2.77 bits per heavy atom. The van der Waals surface area contributed by atoms with Crippen LogP contribution in [0, 0.1) is 0 Å². The zero-order chi connectivity index (χ0) is 21.2. The highest BCUT2D eigenvalue weighted by molar-refractivity contribution is 7.22. The number of rotatable bonds is 6. The van der Waals surface area contributed by atoms with Gasteiger partial charge in [-0.25, -0.2) is 4.98 Å². The van der Waals surface area contributed by atoms with Gasteiger partial charge in [-0.15, -0.1) is 22.7 Å². The number of thiophene rings is 1. The minimum atomic E-state index is -0.0368. The fraction of sp³-hybridized carbons (Fsp3) is 0.250. The van der Waals surface area contributed by atoms with Crippen molar-refractivity contribution in [2.45, 2.75) is 19.4 Å². The number of fused-ring (bicyclic) bond motifs is 2. The predicted octanol–water partition coefficient (Wildman–Crippen LogP) is 5.42. The van der Waals surface area contributed by atoms with Crippen molar-refractivity contribution < 1.29 is 9.53 Å². The summed E-state index contributed by atoms with van der Waals surface area (Å²) in [6.45, 7) is 2.27. The summed E-state index contributed by atoms with van der Waals surface area (Å²) in [5, 5.41) is 5.05. The third kappa shape index (κ3) is 4.35. The zero-order valence-corrected chi connectivity index (χ0v) is 18.9. The van der Waals surface area contributed by atoms with E-state index in [9.17, 15) is 4.79 Å². The smallest absolute Gasteiger partial charge is 0.228 e. The molecule has 4 aromatic rings. The van der Waals surface area contributed by atoms with Gasteiger partial charge in [0.15, 0.2) is 0 Å². The number of thiazole rings is 1. The molecule has 0 saturated carbocycles. The Morgan fingerprint density at radius 2 is 1.94 bits per heavy atom. The number of nitrogens with zero attached hydrogens (tertiary/aromatic N) is 2. The topological polar surface area (TPSA) is 54.5 Å². The third-order valence-corrected chi connectivity index (χ3v) is 7.54. The van der Waals surface area contributed by atoms with E-state index in [1.165, 1.54) is 15.1 Å². The second kappa shape index (κ2) is 8.78. The molecule has 0 spiro atoms. The maximum atomic E-state index is 12.7. The summed E-state index contributed by atoms with van der Waals surface area (Å²) >= 11 is 3.37. The van der Waals surface area contributed by atoms with E-state index in [1.807, 2.05) is 48.5 Å². The number of hydrogen-bond donors (Lipinski definition) is 1. The van der Waals surface area contributed by atoms with Gasteiger partial charge < -0.3 is 15.0 Å². The number of carbonyl (C=O) groups is 1. The van der Waals surface area contributed by atoms with Crippen LogP contribution in [-0.2, 0) is 17.8 Å². The van der Waals surface area contributed by atoms with Gasteiger partial charge in [-0.3, -0.25) is 4.79 Å². The van der Waals surface area contributed by atoms with Crippen LogP contribution >= 0.6 is 22.7 Å². The molecule has 0 atom stereocenters. The van der Waals surface area contributed by atoms with Gasteiger partial charge in [0, 0.05) is 23.5 Å². The van der Waals surface area contributed by atoms with Crippen LogP contribution in [0.1, 0.15) is 16.9 Å². The summed E-state index contributed by atoms with van der Waals surface area (Å²) in [5.41, 5.74) is 3.44. The van der Waals surface area contributed by atoms with Crippen LogP contribution in [0.25, 0.3) is 20.8 Å². The van der Waals surface area contributed by atoms with Crippen LogP contribution in [0.15, 0.2) is 54.6 Å². The molecule has 7 heteroatoms. The first-order valence-electron chi connectivity index (χ1n) is 10.3. The van der Waals surface area contributed by atoms with Crippen molar-refractivity contribution in [3.63, 3.8) is 0 Å². The Labute approximate surface area is 189 Å². The lowest BCUT2D eigenvalue weighted by Crippen LogP contribution is -2.25. The van der Waals surface area contributed by atoms with Crippen molar-refractivity contribution in [2.75, 3.05) is 25.5 Å². The molecular formula is C24H23N3O2S2. The van der Waals surface area contributed by atoms with Crippen molar-refractivity contribution in [1.29, 1.82) is 0 Å². The van der Waals surface area contributed by atoms with Crippen LogP contribution in [0.5, 0.6) is 5.75 Å². The minimum absolute atomic E-state index is 0.0368. The van der Waals surface area contributed by atoms with Gasteiger partial charge in [0.25, 0.3) is 0 Å². The summed E-state index contributed by atoms with van der Waals surface area (Å²) in [6.07, 6.45) is 1.28. The highest BCUT2D eigenvalue weighted by atomic mass is 32.1. The first-order valence-corrected chi connectivity index (χ1v) is 12.0. The van der Waals surface area contributed by atoms with Crippen LogP contribution in [0.2, 0.25) is 0 Å². The summed E-state index contributed by atoms with van der Waals surface area (Å²) in [5.74, 6) is 0.741. The number of aromatic nitrogens is 1. The van der Waals surface area contributed by atoms with Gasteiger partial charge in [-0.05, 0) is 43.3 Å². The second-order valence-corrected chi connectivity index (χ2v) is 9.78. The normalized spacial score (nSPS) is 13.8. The molecule has 1 amide bonds. The second-order valence-electron chi connectivity index (χ2n) is 7.64. The van der Waals surface area contributed by atoms with E-state index in [0.717, 1.165) is 46.3 Å². The van der Waals surface area contributed by atoms with E-state index < -0.39 is 0 Å². The molecule has 0 unspecified atom stereocenters. The van der Waals surface area contributed by atoms with Crippen LogP contribution in [0.4, 0.5) is 5.00 Å². The van der Waals surface area contributed by atoms with Crippen molar-refractivity contribution in [2.24, 2.45) is 0 Å². The van der Waals surface area contributed by atoms with Gasteiger partial charge >= 0.3 is 0 Å². The Bertz CT molecular complexity index is 1180. The van der Waals surface area contributed by atoms with E-state index >= 15 is 0 Å². The maximum absolute atomic E-state index is 12.7. The molecule has 1 N–H and O–H groups in total. The maximum Gasteiger partial charge on any atom is 0.228 e. The first-order chi connectivity index (χ1) is 15.2. The van der Waals surface area contributed by atoms with Gasteiger partial charge in [0.1, 0.15) is 15.8 Å². The lowest BCUT2D eigenvalue weighted by Gasteiger charge is -2.22. The lowest BCUT2D eigenvalue weighted by atomic mass is 10.0. The molecule has 5 nitrogen and oxygen atoms in total. The minimum Gasteiger partial charge on any atom is -0.493 e. The molecule has 158 valence electrons. The van der Waals surface area contributed by atoms with E-state index in [-0.39, 0.29) is 5.91 Å². The number of anilines is 1. The average molecular weight is 450 g/mol. The number of nitrogens with one attached hydrogen (secondary N) is 1. The zero-order valence-electron chi connectivity index (χ0n) is 17.3. The van der Waals surface area contributed by atoms with E-state index in [4.69, 9.17) is 9.72 Å². The summed E-state index contributed by atoms with van der Waals surface area (Å²) in [4.78, 5) is 21.2. The molecule has 1 aliphatic heterocycles. The molecule has 0 aliphatic carbocycles. The first kappa shape index (κ1) is 20.2. The fourth-order valence-corrected chi connectivity index (χ4v) is 6.25. The number of benzene rings is 2. The van der Waals surface area contributed by atoms with E-state index in [2.05, 4.69) is 23.3 Å². The molecule has 2 aromatic heterocycles. The molecule has 5 rings (SSSR count). The Balaban J connectivity index is 1.39. The molecular weight excluding hydrogens is 426 g/mol. The van der Waals surface area contributed by atoms with E-state index in [1.54, 1.807) is 22.7 Å². The van der Waals surface area contributed by atoms with Crippen molar-refractivity contribution >= 4 is 43.8 Å². The summed E-state index contributed by atoms with van der Waals surface area (Å²) < 4.78 is 6.86. The van der Waals surface area contributed by atoms with Crippen molar-refractivity contribution in [1.82, 2.24) is 9.88 Å². The quantitative estimate of drug-likeness (QED) is 0.427. The number of likely N-dealkylation sites (N-methyl/N-ethyl adjacent to an activating group) is 1. The lowest BCUT2D eigenvalue weighted by molar-refractivity contribution is -0.116. The third-order valence-electron chi connectivity index (χ3n) is 5.35. The van der Waals surface area contributed by atoms with Gasteiger partial charge in [0.05, 0.1) is 23.2 Å². The SMILES string of the molecule is CN1CCc2c(sc(NC(=O)CCOc3ccccc3)c2-c2nc3ccccc3s2)C1. The number of amides is 1. The number of para-hydroxylation sites is 2.